The fourth-order valence-corrected chi connectivity index (χ4v) is 3.41. The van der Waals surface area contributed by atoms with Gasteiger partial charge in [-0.05, 0) is 44.7 Å². The molecule has 0 spiro atoms. The maximum atomic E-state index is 12.2. The quantitative estimate of drug-likeness (QED) is 0.722. The topological polar surface area (TPSA) is 87.5 Å². The highest BCUT2D eigenvalue weighted by Crippen LogP contribution is 2.29. The van der Waals surface area contributed by atoms with Crippen molar-refractivity contribution in [1.82, 2.24) is 15.5 Å². The molecule has 2 aliphatic rings. The minimum atomic E-state index is -0.357. The second kappa shape index (κ2) is 8.85. The van der Waals surface area contributed by atoms with Gasteiger partial charge in [0.05, 0.1) is 6.04 Å². The Kier molecular flexibility index (Phi) is 7.77. The predicted molar refractivity (Wildman–Crippen MR) is 93.6 cm³/mol. The van der Waals surface area contributed by atoms with Gasteiger partial charge in [-0.2, -0.15) is 0 Å². The van der Waals surface area contributed by atoms with Gasteiger partial charge in [0.15, 0.2) is 0 Å². The number of urea groups is 1. The van der Waals surface area contributed by atoms with Gasteiger partial charge in [-0.3, -0.25) is 15.0 Å². The summed E-state index contributed by atoms with van der Waals surface area (Å²) in [5, 5.41) is 5.40. The van der Waals surface area contributed by atoms with E-state index in [1.54, 1.807) is 0 Å². The first-order chi connectivity index (χ1) is 10.4. The number of nitrogens with zero attached hydrogens (tertiary/aromatic N) is 1. The smallest absolute Gasteiger partial charge is 0.321 e. The van der Waals surface area contributed by atoms with Crippen LogP contribution in [0.25, 0.3) is 0 Å². The van der Waals surface area contributed by atoms with Gasteiger partial charge in [0.2, 0.25) is 5.91 Å². The van der Waals surface area contributed by atoms with Crippen molar-refractivity contribution in [1.29, 1.82) is 0 Å². The fraction of sp³-hybridized carbons (Fsp3) is 0.875. The Morgan fingerprint density at radius 3 is 2.52 bits per heavy atom. The third-order valence-electron chi connectivity index (χ3n) is 5.18. The second-order valence-electron chi connectivity index (χ2n) is 7.21. The molecule has 2 fully saturated rings. The maximum Gasteiger partial charge on any atom is 0.321 e. The normalized spacial score (nSPS) is 27.1. The summed E-state index contributed by atoms with van der Waals surface area (Å²) >= 11 is 0. The van der Waals surface area contributed by atoms with Crippen molar-refractivity contribution >= 4 is 24.3 Å². The molecule has 1 saturated carbocycles. The van der Waals surface area contributed by atoms with Crippen LogP contribution < -0.4 is 16.4 Å². The average Bonchev–Trinajstić information content (AvgIpc) is 2.90. The number of halogens is 1. The van der Waals surface area contributed by atoms with Crippen LogP contribution in [0.1, 0.15) is 52.4 Å². The van der Waals surface area contributed by atoms with Crippen LogP contribution in [0.15, 0.2) is 0 Å². The van der Waals surface area contributed by atoms with Crippen LogP contribution in [0, 0.1) is 5.41 Å². The van der Waals surface area contributed by atoms with Gasteiger partial charge in [0, 0.05) is 12.6 Å². The average molecular weight is 347 g/mol. The molecule has 1 aliphatic heterocycles. The maximum absolute atomic E-state index is 12.2. The van der Waals surface area contributed by atoms with Crippen LogP contribution in [0.4, 0.5) is 4.79 Å². The van der Waals surface area contributed by atoms with Crippen LogP contribution >= 0.6 is 12.4 Å². The molecule has 0 aromatic heterocycles. The summed E-state index contributed by atoms with van der Waals surface area (Å²) < 4.78 is 0. The molecule has 1 aliphatic carbocycles. The molecule has 0 aromatic rings. The molecule has 2 unspecified atom stereocenters. The summed E-state index contributed by atoms with van der Waals surface area (Å²) in [7, 11) is 0. The van der Waals surface area contributed by atoms with Crippen LogP contribution in [0.2, 0.25) is 0 Å². The highest BCUT2D eigenvalue weighted by Gasteiger charge is 2.36. The van der Waals surface area contributed by atoms with Crippen molar-refractivity contribution in [2.75, 3.05) is 19.6 Å². The van der Waals surface area contributed by atoms with Gasteiger partial charge in [-0.25, -0.2) is 4.79 Å². The molecule has 1 heterocycles. The summed E-state index contributed by atoms with van der Waals surface area (Å²) in [6, 6.07) is -0.445. The number of carbonyl (C=O) groups excluding carboxylic acids is 2. The Morgan fingerprint density at radius 1 is 1.30 bits per heavy atom. The van der Waals surface area contributed by atoms with Gasteiger partial charge >= 0.3 is 6.03 Å². The van der Waals surface area contributed by atoms with Crippen LogP contribution in [0.5, 0.6) is 0 Å². The standard InChI is InChI=1S/C16H30N4O2.ClH/c1-12(20-9-8-16(2,10-17)11-20)14(21)19-15(22)18-13-6-4-3-5-7-13;/h12-13H,3-11,17H2,1-2H3,(H2,18,19,21,22);1H. The monoisotopic (exact) mass is 346 g/mol. The van der Waals surface area contributed by atoms with Crippen molar-refractivity contribution < 1.29 is 9.59 Å². The summed E-state index contributed by atoms with van der Waals surface area (Å²) in [4.78, 5) is 26.3. The van der Waals surface area contributed by atoms with E-state index in [-0.39, 0.29) is 41.8 Å². The number of hydrogen-bond acceptors (Lipinski definition) is 4. The largest absolute Gasteiger partial charge is 0.335 e. The van der Waals surface area contributed by atoms with Crippen molar-refractivity contribution in [3.8, 4) is 0 Å². The van der Waals surface area contributed by atoms with E-state index in [9.17, 15) is 9.59 Å². The molecule has 0 bridgehead atoms. The third-order valence-corrected chi connectivity index (χ3v) is 5.18. The second-order valence-corrected chi connectivity index (χ2v) is 7.21. The molecule has 0 radical (unpaired) electrons. The number of hydrogen-bond donors (Lipinski definition) is 3. The summed E-state index contributed by atoms with van der Waals surface area (Å²) in [5.41, 5.74) is 5.88. The van der Waals surface area contributed by atoms with Gasteiger partial charge < -0.3 is 11.1 Å². The van der Waals surface area contributed by atoms with Crippen molar-refractivity contribution in [2.24, 2.45) is 11.1 Å². The highest BCUT2D eigenvalue weighted by atomic mass is 35.5. The molecule has 134 valence electrons. The number of nitrogens with two attached hydrogens (primary N) is 1. The zero-order valence-electron chi connectivity index (χ0n) is 14.3. The van der Waals surface area contributed by atoms with Crippen molar-refractivity contribution in [2.45, 2.75) is 64.5 Å². The minimum Gasteiger partial charge on any atom is -0.335 e. The molecule has 2 atom stereocenters. The number of rotatable bonds is 4. The van der Waals surface area contributed by atoms with Crippen molar-refractivity contribution in [3.05, 3.63) is 0 Å². The van der Waals surface area contributed by atoms with E-state index in [4.69, 9.17) is 5.73 Å². The molecule has 6 nitrogen and oxygen atoms in total. The van der Waals surface area contributed by atoms with E-state index in [0.29, 0.717) is 6.54 Å². The molecule has 4 N–H and O–H groups in total. The Bertz CT molecular complexity index is 415. The van der Waals surface area contributed by atoms with E-state index in [0.717, 1.165) is 45.2 Å². The summed E-state index contributed by atoms with van der Waals surface area (Å²) in [6.07, 6.45) is 6.57. The van der Waals surface area contributed by atoms with E-state index in [1.807, 2.05) is 6.92 Å². The van der Waals surface area contributed by atoms with E-state index >= 15 is 0 Å². The van der Waals surface area contributed by atoms with Crippen molar-refractivity contribution in [3.63, 3.8) is 0 Å². The number of likely N-dealkylation sites (tertiary alicyclic amines) is 1. The Balaban J connectivity index is 0.00000264. The Hall–Kier alpha value is -0.850. The zero-order chi connectivity index (χ0) is 16.2. The molecular formula is C16H31ClN4O2. The Labute approximate surface area is 145 Å². The van der Waals surface area contributed by atoms with Gasteiger partial charge in [-0.1, -0.05) is 26.2 Å². The molecule has 2 rings (SSSR count). The lowest BCUT2D eigenvalue weighted by molar-refractivity contribution is -0.124. The summed E-state index contributed by atoms with van der Waals surface area (Å²) in [5.74, 6) is -0.227. The van der Waals surface area contributed by atoms with Gasteiger partial charge in [0.1, 0.15) is 0 Å². The number of carbonyl (C=O) groups is 2. The number of amides is 3. The van der Waals surface area contributed by atoms with E-state index in [2.05, 4.69) is 22.5 Å². The Morgan fingerprint density at radius 2 is 1.96 bits per heavy atom. The van der Waals surface area contributed by atoms with Crippen LogP contribution in [-0.4, -0.2) is 48.6 Å². The fourth-order valence-electron chi connectivity index (χ4n) is 3.41. The van der Waals surface area contributed by atoms with Crippen LogP contribution in [0.3, 0.4) is 0 Å². The van der Waals surface area contributed by atoms with Crippen LogP contribution in [-0.2, 0) is 4.79 Å². The van der Waals surface area contributed by atoms with E-state index in [1.165, 1.54) is 6.42 Å². The molecular weight excluding hydrogens is 316 g/mol. The summed E-state index contributed by atoms with van der Waals surface area (Å²) in [6.45, 7) is 6.29. The minimum absolute atomic E-state index is 0. The first kappa shape index (κ1) is 20.2. The predicted octanol–water partition coefficient (Wildman–Crippen LogP) is 1.63. The molecule has 1 saturated heterocycles. The van der Waals surface area contributed by atoms with E-state index < -0.39 is 0 Å². The lowest BCUT2D eigenvalue weighted by Gasteiger charge is -2.27. The first-order valence-corrected chi connectivity index (χ1v) is 8.49. The molecule has 0 aromatic carbocycles. The first-order valence-electron chi connectivity index (χ1n) is 8.49. The number of nitrogens with one attached hydrogen (secondary N) is 2. The lowest BCUT2D eigenvalue weighted by Crippen LogP contribution is -2.51. The van der Waals surface area contributed by atoms with Gasteiger partial charge in [0.25, 0.3) is 0 Å². The highest BCUT2D eigenvalue weighted by molar-refractivity contribution is 5.96. The third kappa shape index (κ3) is 5.62. The zero-order valence-corrected chi connectivity index (χ0v) is 15.1. The lowest BCUT2D eigenvalue weighted by atomic mass is 9.90. The van der Waals surface area contributed by atoms with Gasteiger partial charge in [-0.15, -0.1) is 12.4 Å². The molecule has 3 amide bonds. The molecule has 23 heavy (non-hydrogen) atoms. The molecule has 7 heteroatoms. The SMILES string of the molecule is CC(C(=O)NC(=O)NC1CCCCC1)N1CCC(C)(CN)C1.Cl. The number of imide groups is 1.